The summed E-state index contributed by atoms with van der Waals surface area (Å²) in [4.78, 5) is 14.5. The van der Waals surface area contributed by atoms with Crippen LogP contribution in [-0.4, -0.2) is 49.1 Å². The van der Waals surface area contributed by atoms with Crippen molar-refractivity contribution in [2.75, 3.05) is 23.8 Å². The Kier molecular flexibility index (Phi) is 5.86. The number of rotatable bonds is 6. The van der Waals surface area contributed by atoms with Crippen molar-refractivity contribution in [2.45, 2.75) is 30.7 Å². The molecular formula is C15H20FNO3S2. The monoisotopic (exact) mass is 345 g/mol. The van der Waals surface area contributed by atoms with Gasteiger partial charge in [0.25, 0.3) is 0 Å². The highest BCUT2D eigenvalue weighted by molar-refractivity contribution is 8.00. The average molecular weight is 345 g/mol. The van der Waals surface area contributed by atoms with Crippen molar-refractivity contribution in [1.82, 2.24) is 4.90 Å². The number of amides is 1. The largest absolute Gasteiger partial charge is 0.338 e. The molecule has 1 aliphatic rings. The van der Waals surface area contributed by atoms with Gasteiger partial charge in [0.1, 0.15) is 5.82 Å². The molecule has 1 unspecified atom stereocenters. The Morgan fingerprint density at radius 3 is 2.73 bits per heavy atom. The zero-order valence-electron chi connectivity index (χ0n) is 12.5. The van der Waals surface area contributed by atoms with Crippen molar-refractivity contribution in [3.8, 4) is 0 Å². The lowest BCUT2D eigenvalue weighted by Crippen LogP contribution is -2.42. The summed E-state index contributed by atoms with van der Waals surface area (Å²) in [6.07, 6.45) is 1.27. The molecule has 1 amide bonds. The minimum Gasteiger partial charge on any atom is -0.338 e. The molecule has 0 N–H and O–H groups in total. The molecule has 1 aromatic rings. The van der Waals surface area contributed by atoms with Gasteiger partial charge in [-0.15, -0.1) is 11.8 Å². The van der Waals surface area contributed by atoms with Crippen LogP contribution in [0.4, 0.5) is 4.39 Å². The van der Waals surface area contributed by atoms with E-state index in [0.29, 0.717) is 17.9 Å². The molecule has 0 saturated carbocycles. The maximum absolute atomic E-state index is 13.6. The first-order valence-corrected chi connectivity index (χ1v) is 10.1. The molecular weight excluding hydrogens is 325 g/mol. The first-order chi connectivity index (χ1) is 10.4. The van der Waals surface area contributed by atoms with Crippen molar-refractivity contribution in [3.63, 3.8) is 0 Å². The van der Waals surface area contributed by atoms with Crippen LogP contribution in [0.5, 0.6) is 0 Å². The average Bonchev–Trinajstić information content (AvgIpc) is 2.83. The summed E-state index contributed by atoms with van der Waals surface area (Å²) in [6.45, 7) is 2.49. The van der Waals surface area contributed by atoms with Crippen LogP contribution >= 0.6 is 11.8 Å². The molecule has 22 heavy (non-hydrogen) atoms. The maximum atomic E-state index is 13.6. The lowest BCUT2D eigenvalue weighted by molar-refractivity contribution is -0.130. The van der Waals surface area contributed by atoms with E-state index < -0.39 is 9.84 Å². The normalized spacial score (nSPS) is 20.0. The van der Waals surface area contributed by atoms with Gasteiger partial charge in [0, 0.05) is 17.5 Å². The second kappa shape index (κ2) is 7.46. The number of nitrogens with zero attached hydrogens (tertiary/aromatic N) is 1. The standard InChI is InChI=1S/C15H20FNO3S2/c1-2-8-17(12-7-9-22(19,20)11-12)15(18)10-21-14-6-4-3-5-13(14)16/h3-6,12H,2,7-11H2,1H3. The zero-order chi connectivity index (χ0) is 16.2. The Balaban J connectivity index is 2.00. The van der Waals surface area contributed by atoms with E-state index in [1.807, 2.05) is 6.92 Å². The summed E-state index contributed by atoms with van der Waals surface area (Å²) >= 11 is 1.15. The van der Waals surface area contributed by atoms with Crippen LogP contribution in [0, 0.1) is 5.82 Å². The van der Waals surface area contributed by atoms with Gasteiger partial charge in [0.05, 0.1) is 17.3 Å². The molecule has 0 aliphatic carbocycles. The highest BCUT2D eigenvalue weighted by Gasteiger charge is 2.34. The second-order valence-corrected chi connectivity index (χ2v) is 8.61. The van der Waals surface area contributed by atoms with Gasteiger partial charge in [-0.1, -0.05) is 19.1 Å². The number of carbonyl (C=O) groups excluding carboxylic acids is 1. The fourth-order valence-corrected chi connectivity index (χ4v) is 5.11. The summed E-state index contributed by atoms with van der Waals surface area (Å²) in [5, 5.41) is 0. The number of benzene rings is 1. The second-order valence-electron chi connectivity index (χ2n) is 5.36. The van der Waals surface area contributed by atoms with E-state index in [2.05, 4.69) is 0 Å². The molecule has 1 aliphatic heterocycles. The summed E-state index contributed by atoms with van der Waals surface area (Å²) in [5.41, 5.74) is 0. The van der Waals surface area contributed by atoms with Crippen LogP contribution in [0.15, 0.2) is 29.2 Å². The van der Waals surface area contributed by atoms with Crippen LogP contribution in [0.1, 0.15) is 19.8 Å². The topological polar surface area (TPSA) is 54.5 Å². The van der Waals surface area contributed by atoms with Crippen LogP contribution < -0.4 is 0 Å². The molecule has 0 radical (unpaired) electrons. The fourth-order valence-electron chi connectivity index (χ4n) is 2.56. The molecule has 122 valence electrons. The van der Waals surface area contributed by atoms with Gasteiger partial charge in [-0.2, -0.15) is 0 Å². The molecule has 0 spiro atoms. The predicted octanol–water partition coefficient (Wildman–Crippen LogP) is 2.34. The maximum Gasteiger partial charge on any atom is 0.233 e. The summed E-state index contributed by atoms with van der Waals surface area (Å²) in [7, 11) is -3.03. The molecule has 1 saturated heterocycles. The Bertz CT molecular complexity index is 633. The molecule has 1 fully saturated rings. The molecule has 1 aromatic carbocycles. The number of thioether (sulfide) groups is 1. The highest BCUT2D eigenvalue weighted by Crippen LogP contribution is 2.24. The Labute approximate surface area is 135 Å². The van der Waals surface area contributed by atoms with Gasteiger partial charge in [-0.05, 0) is 25.0 Å². The van der Waals surface area contributed by atoms with Crippen molar-refractivity contribution in [1.29, 1.82) is 0 Å². The molecule has 4 nitrogen and oxygen atoms in total. The van der Waals surface area contributed by atoms with Crippen molar-refractivity contribution in [2.24, 2.45) is 0 Å². The first kappa shape index (κ1) is 17.3. The third kappa shape index (κ3) is 4.46. The third-order valence-electron chi connectivity index (χ3n) is 3.62. The summed E-state index contributed by atoms with van der Waals surface area (Å²) in [5.74, 6) is -0.158. The smallest absolute Gasteiger partial charge is 0.233 e. The minimum atomic E-state index is -3.03. The zero-order valence-corrected chi connectivity index (χ0v) is 14.1. The number of halogens is 1. The summed E-state index contributed by atoms with van der Waals surface area (Å²) < 4.78 is 36.8. The number of hydrogen-bond donors (Lipinski definition) is 0. The van der Waals surface area contributed by atoms with Crippen molar-refractivity contribution < 1.29 is 17.6 Å². The van der Waals surface area contributed by atoms with Crippen LogP contribution in [0.25, 0.3) is 0 Å². The Hall–Kier alpha value is -1.08. The molecule has 1 atom stereocenters. The Morgan fingerprint density at radius 2 is 2.14 bits per heavy atom. The first-order valence-electron chi connectivity index (χ1n) is 7.30. The van der Waals surface area contributed by atoms with E-state index in [0.717, 1.165) is 18.2 Å². The van der Waals surface area contributed by atoms with Crippen LogP contribution in [-0.2, 0) is 14.6 Å². The quantitative estimate of drug-likeness (QED) is 0.743. The lowest BCUT2D eigenvalue weighted by Gasteiger charge is -2.27. The Morgan fingerprint density at radius 1 is 1.41 bits per heavy atom. The number of carbonyl (C=O) groups is 1. The SMILES string of the molecule is CCCN(C(=O)CSc1ccccc1F)C1CCS(=O)(=O)C1. The van der Waals surface area contributed by atoms with Gasteiger partial charge in [-0.3, -0.25) is 4.79 Å². The van der Waals surface area contributed by atoms with E-state index in [4.69, 9.17) is 0 Å². The van der Waals surface area contributed by atoms with Gasteiger partial charge in [-0.25, -0.2) is 12.8 Å². The van der Waals surface area contributed by atoms with E-state index in [9.17, 15) is 17.6 Å². The third-order valence-corrected chi connectivity index (χ3v) is 6.41. The van der Waals surface area contributed by atoms with Crippen molar-refractivity contribution >= 4 is 27.5 Å². The molecule has 1 heterocycles. The predicted molar refractivity (Wildman–Crippen MR) is 86.2 cm³/mol. The molecule has 7 heteroatoms. The molecule has 0 aromatic heterocycles. The van der Waals surface area contributed by atoms with E-state index in [1.165, 1.54) is 6.07 Å². The highest BCUT2D eigenvalue weighted by atomic mass is 32.2. The van der Waals surface area contributed by atoms with E-state index in [-0.39, 0.29) is 35.0 Å². The van der Waals surface area contributed by atoms with Crippen LogP contribution in [0.2, 0.25) is 0 Å². The minimum absolute atomic E-state index is 0.0447. The number of hydrogen-bond acceptors (Lipinski definition) is 4. The van der Waals surface area contributed by atoms with Crippen LogP contribution in [0.3, 0.4) is 0 Å². The van der Waals surface area contributed by atoms with Gasteiger partial charge >= 0.3 is 0 Å². The fraction of sp³-hybridized carbons (Fsp3) is 0.533. The molecule has 2 rings (SSSR count). The number of sulfone groups is 1. The lowest BCUT2D eigenvalue weighted by atomic mass is 10.2. The van der Waals surface area contributed by atoms with Gasteiger partial charge in [0.2, 0.25) is 5.91 Å². The van der Waals surface area contributed by atoms with E-state index in [1.54, 1.807) is 23.1 Å². The molecule has 0 bridgehead atoms. The van der Waals surface area contributed by atoms with E-state index >= 15 is 0 Å². The van der Waals surface area contributed by atoms with Gasteiger partial charge in [0.15, 0.2) is 9.84 Å². The summed E-state index contributed by atoms with van der Waals surface area (Å²) in [6, 6.07) is 6.09. The van der Waals surface area contributed by atoms with Gasteiger partial charge < -0.3 is 4.90 Å². The van der Waals surface area contributed by atoms with Crippen molar-refractivity contribution in [3.05, 3.63) is 30.1 Å².